The Hall–Kier alpha value is -2.86. The molecule has 0 aromatic heterocycles. The largest absolute Gasteiger partial charge is 0.370 e. The van der Waals surface area contributed by atoms with Crippen LogP contribution in [0.4, 0.5) is 0 Å². The highest BCUT2D eigenvalue weighted by molar-refractivity contribution is 7.95. The topological polar surface area (TPSA) is 235 Å². The van der Waals surface area contributed by atoms with E-state index in [-0.39, 0.29) is 25.8 Å². The van der Waals surface area contributed by atoms with Crippen LogP contribution in [0.15, 0.2) is 48.8 Å². The van der Waals surface area contributed by atoms with E-state index < -0.39 is 71.9 Å². The second-order valence-electron chi connectivity index (χ2n) is 10.8. The Morgan fingerprint density at radius 3 is 1.33 bits per heavy atom. The van der Waals surface area contributed by atoms with Gasteiger partial charge in [0.15, 0.2) is 45.3 Å². The fourth-order valence-corrected chi connectivity index (χ4v) is 11.3. The number of carbonyl (C=O) groups is 2. The molecule has 0 atom stereocenters. The molecule has 45 heavy (non-hydrogen) atoms. The Labute approximate surface area is 268 Å². The number of amides is 1. The molecule has 2 fully saturated rings. The number of halogens is 1. The molecule has 0 heterocycles. The lowest BCUT2D eigenvalue weighted by Crippen LogP contribution is -2.24. The van der Waals surface area contributed by atoms with E-state index >= 15 is 0 Å². The second kappa shape index (κ2) is 13.1. The summed E-state index contributed by atoms with van der Waals surface area (Å²) in [6.07, 6.45) is 4.58. The molecule has 18 heteroatoms. The molecule has 2 aliphatic carbocycles. The maximum Gasteiger partial charge on any atom is 0.280 e. The van der Waals surface area contributed by atoms with Gasteiger partial charge >= 0.3 is 0 Å². The lowest BCUT2D eigenvalue weighted by molar-refractivity contribution is 0.100. The highest BCUT2D eigenvalue weighted by atomic mass is 35.5. The summed E-state index contributed by atoms with van der Waals surface area (Å²) in [7, 11) is -15.1. The molecule has 0 unspecified atom stereocenters. The zero-order valence-electron chi connectivity index (χ0n) is 24.9. The van der Waals surface area contributed by atoms with Gasteiger partial charge in [-0.05, 0) is 85.5 Å². The van der Waals surface area contributed by atoms with Gasteiger partial charge in [0.25, 0.3) is 11.1 Å². The van der Waals surface area contributed by atoms with Gasteiger partial charge in [0.05, 0.1) is 30.1 Å². The van der Waals surface area contributed by atoms with Crippen molar-refractivity contribution in [2.24, 2.45) is 16.5 Å². The summed E-state index contributed by atoms with van der Waals surface area (Å²) in [5, 5.41) is -1.89. The normalized spacial score (nSPS) is 15.5. The average Bonchev–Trinajstić information content (AvgIpc) is 3.82. The van der Waals surface area contributed by atoms with Crippen LogP contribution < -0.4 is 11.5 Å². The van der Waals surface area contributed by atoms with Gasteiger partial charge < -0.3 is 11.5 Å². The molecule has 2 aromatic rings. The van der Waals surface area contributed by atoms with Crippen LogP contribution in [0.2, 0.25) is 0 Å². The van der Waals surface area contributed by atoms with Crippen molar-refractivity contribution in [2.45, 2.75) is 82.5 Å². The molecule has 13 nitrogen and oxygen atoms in total. The Balaban J connectivity index is 0.000000248. The molecule has 0 radical (unpaired) electrons. The number of nitrogens with zero attached hydrogens (tertiary/aromatic N) is 1. The van der Waals surface area contributed by atoms with Gasteiger partial charge in [0, 0.05) is 23.6 Å². The molecule has 4 rings (SSSR count). The number of sulfone groups is 4. The number of hydrogen-bond acceptors (Lipinski definition) is 10. The number of hydrogen-bond donors (Lipinski definition) is 2. The summed E-state index contributed by atoms with van der Waals surface area (Å²) in [4.78, 5) is 25.7. The number of aliphatic imine (C=N–C) groups is 1. The Bertz CT molecular complexity index is 2030. The van der Waals surface area contributed by atoms with Crippen molar-refractivity contribution in [3.63, 3.8) is 0 Å². The first-order valence-electron chi connectivity index (χ1n) is 13.6. The smallest absolute Gasteiger partial charge is 0.280 e. The van der Waals surface area contributed by atoms with Crippen LogP contribution in [-0.2, 0) is 52.2 Å². The van der Waals surface area contributed by atoms with Gasteiger partial charge in [-0.3, -0.25) is 9.59 Å². The van der Waals surface area contributed by atoms with E-state index in [1.54, 1.807) is 13.8 Å². The van der Waals surface area contributed by atoms with Crippen molar-refractivity contribution in [3.8, 4) is 0 Å². The van der Waals surface area contributed by atoms with Gasteiger partial charge in [-0.15, -0.1) is 0 Å². The zero-order chi connectivity index (χ0) is 34.3. The molecular formula is C27H34ClN3O10S4. The number of rotatable bonds is 10. The molecule has 0 aliphatic heterocycles. The van der Waals surface area contributed by atoms with E-state index in [0.29, 0.717) is 49.7 Å². The van der Waals surface area contributed by atoms with Crippen molar-refractivity contribution < 1.29 is 43.3 Å². The number of guanidine groups is 1. The number of carbonyl (C=O) groups excluding carboxylic acids is 2. The zero-order valence-corrected chi connectivity index (χ0v) is 28.9. The molecule has 2 aromatic carbocycles. The summed E-state index contributed by atoms with van der Waals surface area (Å²) in [6.45, 7) is 3.46. The van der Waals surface area contributed by atoms with E-state index in [1.165, 1.54) is 12.1 Å². The third kappa shape index (κ3) is 8.30. The van der Waals surface area contributed by atoms with Crippen LogP contribution in [0.1, 0.15) is 71.4 Å². The molecule has 0 saturated heterocycles. The van der Waals surface area contributed by atoms with Gasteiger partial charge in [-0.25, -0.2) is 33.7 Å². The van der Waals surface area contributed by atoms with E-state index in [1.807, 2.05) is 0 Å². The Morgan fingerprint density at radius 2 is 1.04 bits per heavy atom. The van der Waals surface area contributed by atoms with Crippen molar-refractivity contribution >= 4 is 68.1 Å². The molecular weight excluding hydrogens is 690 g/mol. The first-order valence-corrected chi connectivity index (χ1v) is 20.9. The molecule has 1 amide bonds. The Kier molecular flexibility index (Phi) is 10.7. The lowest BCUT2D eigenvalue weighted by atomic mass is 10.0. The SMILES string of the molecule is CCc1cc(S(=O)(=O)C2CC2)c(S(C)(=O)=O)cc1C(=O)Cl.CCc1cc(S(=O)(=O)C2CC2)c(S(C)(=O)=O)cc1C(=O)N=C(N)N. The minimum Gasteiger partial charge on any atom is -0.370 e. The highest BCUT2D eigenvalue weighted by Crippen LogP contribution is 2.39. The van der Waals surface area contributed by atoms with E-state index in [9.17, 15) is 43.3 Å². The monoisotopic (exact) mass is 723 g/mol. The van der Waals surface area contributed by atoms with E-state index in [0.717, 1.165) is 24.6 Å². The molecule has 2 saturated carbocycles. The third-order valence-electron chi connectivity index (χ3n) is 7.11. The fraction of sp³-hybridized carbons (Fsp3) is 0.444. The molecule has 248 valence electrons. The van der Waals surface area contributed by atoms with Gasteiger partial charge in [0.2, 0.25) is 0 Å². The summed E-state index contributed by atoms with van der Waals surface area (Å²) >= 11 is 5.47. The maximum atomic E-state index is 12.6. The number of aryl methyl sites for hydroxylation is 2. The number of nitrogens with two attached hydrogens (primary N) is 2. The first kappa shape index (κ1) is 36.6. The van der Waals surface area contributed by atoms with Gasteiger partial charge in [-0.1, -0.05) is 13.8 Å². The van der Waals surface area contributed by atoms with Gasteiger partial charge in [-0.2, -0.15) is 4.99 Å². The van der Waals surface area contributed by atoms with Crippen LogP contribution in [0.5, 0.6) is 0 Å². The van der Waals surface area contributed by atoms with Crippen LogP contribution in [0.25, 0.3) is 0 Å². The average molecular weight is 724 g/mol. The predicted octanol–water partition coefficient (Wildman–Crippen LogP) is 1.97. The van der Waals surface area contributed by atoms with Crippen molar-refractivity contribution in [1.29, 1.82) is 0 Å². The molecule has 0 bridgehead atoms. The van der Waals surface area contributed by atoms with E-state index in [4.69, 9.17) is 23.1 Å². The Morgan fingerprint density at radius 1 is 0.689 bits per heavy atom. The van der Waals surface area contributed by atoms with Crippen LogP contribution in [0, 0.1) is 0 Å². The quantitative estimate of drug-likeness (QED) is 0.203. The van der Waals surface area contributed by atoms with Crippen LogP contribution in [0.3, 0.4) is 0 Å². The maximum absolute atomic E-state index is 12.6. The summed E-state index contributed by atoms with van der Waals surface area (Å²) in [5.74, 6) is -1.27. The number of benzene rings is 2. The van der Waals surface area contributed by atoms with Gasteiger partial charge in [0.1, 0.15) is 0 Å². The molecule has 2 aliphatic rings. The van der Waals surface area contributed by atoms with Crippen molar-refractivity contribution in [3.05, 3.63) is 46.5 Å². The third-order valence-corrected chi connectivity index (χ3v) is 14.4. The summed E-state index contributed by atoms with van der Waals surface area (Å²) in [6, 6.07) is 4.66. The highest BCUT2D eigenvalue weighted by Gasteiger charge is 2.41. The second-order valence-corrected chi connectivity index (χ2v) is 19.5. The molecule has 0 spiro atoms. The molecule has 4 N–H and O–H groups in total. The first-order chi connectivity index (χ1) is 20.6. The van der Waals surface area contributed by atoms with E-state index in [2.05, 4.69) is 4.99 Å². The van der Waals surface area contributed by atoms with Crippen LogP contribution in [-0.4, -0.2) is 73.8 Å². The summed E-state index contributed by atoms with van der Waals surface area (Å²) in [5.41, 5.74) is 11.2. The van der Waals surface area contributed by atoms with Crippen molar-refractivity contribution in [1.82, 2.24) is 0 Å². The van der Waals surface area contributed by atoms with Crippen LogP contribution >= 0.6 is 11.6 Å². The van der Waals surface area contributed by atoms with Crippen molar-refractivity contribution in [2.75, 3.05) is 12.5 Å². The fourth-order valence-electron chi connectivity index (χ4n) is 4.49. The minimum atomic E-state index is -3.87. The predicted molar refractivity (Wildman–Crippen MR) is 169 cm³/mol. The minimum absolute atomic E-state index is 0.0268. The lowest BCUT2D eigenvalue weighted by Gasteiger charge is -2.13. The standard InChI is InChI=1S/C14H19N3O5S2.C13H15ClO5S2/c1-3-8-6-12(24(21,22)9-4-5-9)11(23(2,19)20)7-10(8)13(18)17-14(15)16;1-3-8-6-12(21(18,19)9-4-5-9)11(20(2,16)17)7-10(8)13(14)15/h6-7,9H,3-5H2,1-2H3,(H4,15,16,17,18);6-7,9H,3-5H2,1-2H3. The summed E-state index contributed by atoms with van der Waals surface area (Å²) < 4.78 is 98.0.